The number of nitrogens with one attached hydrogen (secondary N) is 1. The van der Waals surface area contributed by atoms with Gasteiger partial charge in [0.1, 0.15) is 0 Å². The Hall–Kier alpha value is -0.820. The van der Waals surface area contributed by atoms with Crippen LogP contribution in [0.3, 0.4) is 0 Å². The molecule has 0 radical (unpaired) electrons. The van der Waals surface area contributed by atoms with Crippen LogP contribution in [0.1, 0.15) is 44.9 Å². The fourth-order valence-electron chi connectivity index (χ4n) is 5.43. The second kappa shape index (κ2) is 5.34. The molecule has 3 N–H and O–H groups in total. The number of carbonyl (C=O) groups is 1. The van der Waals surface area contributed by atoms with Crippen molar-refractivity contribution >= 4 is 5.91 Å². The Morgan fingerprint density at radius 1 is 1.25 bits per heavy atom. The smallest absolute Gasteiger partial charge is 0.369 e. The minimum atomic E-state index is -4.08. The van der Waals surface area contributed by atoms with Gasteiger partial charge in [0.05, 0.1) is 5.41 Å². The molecule has 0 aromatic heterocycles. The molecule has 3 saturated heterocycles. The third-order valence-electron chi connectivity index (χ3n) is 7.05. The van der Waals surface area contributed by atoms with Crippen LogP contribution in [-0.2, 0) is 4.79 Å². The number of piperidine rings is 1. The Labute approximate surface area is 140 Å². The van der Waals surface area contributed by atoms with Gasteiger partial charge in [0.15, 0.2) is 0 Å². The largest absolute Gasteiger partial charge is 0.395 e. The van der Waals surface area contributed by atoms with Gasteiger partial charge >= 0.3 is 6.18 Å². The number of nitrogens with two attached hydrogens (primary N) is 1. The molecule has 0 spiro atoms. The van der Waals surface area contributed by atoms with Crippen LogP contribution in [0, 0.1) is 17.3 Å². The zero-order chi connectivity index (χ0) is 17.2. The molecule has 4 aliphatic rings. The second-order valence-corrected chi connectivity index (χ2v) is 8.57. The van der Waals surface area contributed by atoms with E-state index in [4.69, 9.17) is 5.73 Å². The van der Waals surface area contributed by atoms with Crippen LogP contribution >= 0.6 is 0 Å². The molecule has 7 heteroatoms. The van der Waals surface area contributed by atoms with Gasteiger partial charge < -0.3 is 16.0 Å². The van der Waals surface area contributed by atoms with Gasteiger partial charge in [0, 0.05) is 30.6 Å². The molecule has 136 valence electrons. The van der Waals surface area contributed by atoms with E-state index in [-0.39, 0.29) is 36.8 Å². The highest BCUT2D eigenvalue weighted by atomic mass is 19.4. The summed E-state index contributed by atoms with van der Waals surface area (Å²) < 4.78 is 39.6. The fraction of sp³-hybridized carbons (Fsp3) is 0.941. The number of hydrogen-bond acceptors (Lipinski definition) is 3. The highest BCUT2D eigenvalue weighted by Crippen LogP contribution is 2.58. The number of fused-ring (bicyclic) bond motifs is 2. The van der Waals surface area contributed by atoms with Crippen molar-refractivity contribution in [1.82, 2.24) is 10.2 Å². The number of nitrogens with zero attached hydrogens (tertiary/aromatic N) is 1. The lowest BCUT2D eigenvalue weighted by atomic mass is 9.74. The lowest BCUT2D eigenvalue weighted by Crippen LogP contribution is -2.56. The number of primary amides is 1. The van der Waals surface area contributed by atoms with Gasteiger partial charge in [0.2, 0.25) is 5.91 Å². The Kier molecular flexibility index (Phi) is 3.70. The van der Waals surface area contributed by atoms with E-state index in [1.165, 1.54) is 0 Å². The maximum absolute atomic E-state index is 13.2. The molecule has 1 saturated carbocycles. The Bertz CT molecular complexity index is 534. The van der Waals surface area contributed by atoms with E-state index >= 15 is 0 Å². The van der Waals surface area contributed by atoms with Crippen molar-refractivity contribution in [3.63, 3.8) is 0 Å². The summed E-state index contributed by atoms with van der Waals surface area (Å²) >= 11 is 0. The Morgan fingerprint density at radius 2 is 2.00 bits per heavy atom. The first-order valence-corrected chi connectivity index (χ1v) is 9.09. The minimum absolute atomic E-state index is 0.0854. The zero-order valence-corrected chi connectivity index (χ0v) is 13.9. The van der Waals surface area contributed by atoms with Crippen LogP contribution in [0.4, 0.5) is 13.2 Å². The summed E-state index contributed by atoms with van der Waals surface area (Å²) in [6.45, 7) is 1.59. The normalized spacial score (nSPS) is 41.5. The number of carbonyl (C=O) groups excluding carboxylic acids is 1. The summed E-state index contributed by atoms with van der Waals surface area (Å²) in [6.07, 6.45) is 1.00. The molecule has 3 unspecified atom stereocenters. The quantitative estimate of drug-likeness (QED) is 0.820. The van der Waals surface area contributed by atoms with Gasteiger partial charge in [-0.3, -0.25) is 4.79 Å². The number of rotatable bonds is 4. The molecule has 2 bridgehead atoms. The molecule has 3 aliphatic heterocycles. The van der Waals surface area contributed by atoms with Gasteiger partial charge in [0.25, 0.3) is 0 Å². The van der Waals surface area contributed by atoms with Crippen molar-refractivity contribution in [2.45, 2.75) is 62.7 Å². The van der Waals surface area contributed by atoms with Crippen LogP contribution in [0.5, 0.6) is 0 Å². The predicted molar refractivity (Wildman–Crippen MR) is 83.1 cm³/mol. The topological polar surface area (TPSA) is 58.4 Å². The molecule has 4 rings (SSSR count). The van der Waals surface area contributed by atoms with Crippen LogP contribution in [0.2, 0.25) is 0 Å². The average molecular weight is 345 g/mol. The number of halogens is 3. The standard InChI is InChI=1S/C17H26F3N3O/c18-17(19,20)15(4-5-15)10-23-6-2-12(9-23)16-3-1-13(22-16)7-11(8-16)14(21)24/h11-13,22H,1-10H2,(H2,21,24)/t11?,12-,13?,16?/m1/s1. The molecule has 3 heterocycles. The Morgan fingerprint density at radius 3 is 2.62 bits per heavy atom. The molecular weight excluding hydrogens is 319 g/mol. The van der Waals surface area contributed by atoms with E-state index in [0.29, 0.717) is 18.5 Å². The van der Waals surface area contributed by atoms with E-state index in [0.717, 1.165) is 38.6 Å². The van der Waals surface area contributed by atoms with Crippen LogP contribution in [-0.4, -0.2) is 48.2 Å². The third-order valence-corrected chi connectivity index (χ3v) is 7.05. The predicted octanol–water partition coefficient (Wildman–Crippen LogP) is 2.04. The monoisotopic (exact) mass is 345 g/mol. The summed E-state index contributed by atoms with van der Waals surface area (Å²) in [5, 5.41) is 3.70. The third kappa shape index (κ3) is 2.64. The van der Waals surface area contributed by atoms with Crippen molar-refractivity contribution in [1.29, 1.82) is 0 Å². The number of likely N-dealkylation sites (tertiary alicyclic amines) is 1. The highest BCUT2D eigenvalue weighted by molar-refractivity contribution is 5.77. The average Bonchev–Trinajstić information content (AvgIpc) is 3.03. The lowest BCUT2D eigenvalue weighted by Gasteiger charge is -2.42. The second-order valence-electron chi connectivity index (χ2n) is 8.57. The zero-order valence-electron chi connectivity index (χ0n) is 13.9. The van der Waals surface area contributed by atoms with Gasteiger partial charge in [-0.15, -0.1) is 0 Å². The molecule has 1 aliphatic carbocycles. The van der Waals surface area contributed by atoms with Crippen LogP contribution in [0.15, 0.2) is 0 Å². The van der Waals surface area contributed by atoms with E-state index < -0.39 is 11.6 Å². The molecule has 4 nitrogen and oxygen atoms in total. The van der Waals surface area contributed by atoms with E-state index in [1.807, 2.05) is 4.90 Å². The lowest BCUT2D eigenvalue weighted by molar-refractivity contribution is -0.191. The highest BCUT2D eigenvalue weighted by Gasteiger charge is 2.64. The number of alkyl halides is 3. The molecule has 1 amide bonds. The summed E-state index contributed by atoms with van der Waals surface area (Å²) in [5.41, 5.74) is 4.00. The first kappa shape index (κ1) is 16.6. The summed E-state index contributed by atoms with van der Waals surface area (Å²) in [5.74, 6) is 0.0167. The van der Waals surface area contributed by atoms with E-state index in [2.05, 4.69) is 5.32 Å². The molecule has 0 aromatic rings. The summed E-state index contributed by atoms with van der Waals surface area (Å²) in [4.78, 5) is 13.7. The molecular formula is C17H26F3N3O. The molecule has 4 atom stereocenters. The van der Waals surface area contributed by atoms with Crippen LogP contribution < -0.4 is 11.1 Å². The maximum Gasteiger partial charge on any atom is 0.395 e. The summed E-state index contributed by atoms with van der Waals surface area (Å²) in [7, 11) is 0. The minimum Gasteiger partial charge on any atom is -0.369 e. The molecule has 24 heavy (non-hydrogen) atoms. The molecule has 4 fully saturated rings. The van der Waals surface area contributed by atoms with Gasteiger partial charge in [-0.2, -0.15) is 13.2 Å². The van der Waals surface area contributed by atoms with Crippen LogP contribution in [0.25, 0.3) is 0 Å². The van der Waals surface area contributed by atoms with Gasteiger partial charge in [-0.1, -0.05) is 0 Å². The van der Waals surface area contributed by atoms with E-state index in [9.17, 15) is 18.0 Å². The van der Waals surface area contributed by atoms with Crippen molar-refractivity contribution in [2.24, 2.45) is 23.0 Å². The van der Waals surface area contributed by atoms with Gasteiger partial charge in [-0.25, -0.2) is 0 Å². The first-order valence-electron chi connectivity index (χ1n) is 9.09. The maximum atomic E-state index is 13.2. The fourth-order valence-corrected chi connectivity index (χ4v) is 5.43. The first-order chi connectivity index (χ1) is 11.2. The van der Waals surface area contributed by atoms with E-state index in [1.54, 1.807) is 0 Å². The van der Waals surface area contributed by atoms with Crippen molar-refractivity contribution in [3.05, 3.63) is 0 Å². The van der Waals surface area contributed by atoms with Crippen molar-refractivity contribution < 1.29 is 18.0 Å². The number of hydrogen-bond donors (Lipinski definition) is 2. The van der Waals surface area contributed by atoms with Gasteiger partial charge in [-0.05, 0) is 57.4 Å². The van der Waals surface area contributed by atoms with Crippen molar-refractivity contribution in [2.75, 3.05) is 19.6 Å². The van der Waals surface area contributed by atoms with Crippen molar-refractivity contribution in [3.8, 4) is 0 Å². The summed E-state index contributed by atoms with van der Waals surface area (Å²) in [6, 6.07) is 0.343. The Balaban J connectivity index is 1.42. The SMILES string of the molecule is NC(=O)C1CC2CCC([C@@H]3CCN(CC4(C(F)(F)F)CC4)C3)(C1)N2. The number of amides is 1. The molecule has 0 aromatic carbocycles.